The van der Waals surface area contributed by atoms with E-state index in [-0.39, 0.29) is 18.1 Å². The summed E-state index contributed by atoms with van der Waals surface area (Å²) in [6, 6.07) is 0.525. The van der Waals surface area contributed by atoms with Crippen LogP contribution in [0.4, 0.5) is 0 Å². The maximum atomic E-state index is 12.2. The number of rotatable bonds is 6. The zero-order valence-corrected chi connectivity index (χ0v) is 14.4. The van der Waals surface area contributed by atoms with Crippen LogP contribution in [-0.2, 0) is 14.3 Å². The van der Waals surface area contributed by atoms with Gasteiger partial charge < -0.3 is 9.47 Å². The van der Waals surface area contributed by atoms with Crippen molar-refractivity contribution in [2.24, 2.45) is 0 Å². The molecule has 124 valence electrons. The fraction of sp³-hybridized carbons (Fsp3) is 0.938. The molecule has 3 atom stereocenters. The molecule has 1 saturated heterocycles. The van der Waals surface area contributed by atoms with Crippen molar-refractivity contribution in [3.8, 4) is 0 Å². The van der Waals surface area contributed by atoms with Gasteiger partial charge in [-0.2, -0.15) is 0 Å². The average Bonchev–Trinajstić information content (AvgIpc) is 2.61. The van der Waals surface area contributed by atoms with Gasteiger partial charge in [-0.3, -0.25) is 15.0 Å². The Morgan fingerprint density at radius 2 is 2.14 bits per heavy atom. The van der Waals surface area contributed by atoms with Gasteiger partial charge in [0, 0.05) is 31.8 Å². The van der Waals surface area contributed by atoms with Crippen molar-refractivity contribution in [3.05, 3.63) is 0 Å². The molecule has 1 rings (SSSR count). The molecule has 5 heteroatoms. The fourth-order valence-electron chi connectivity index (χ4n) is 3.21. The number of carbonyl (C=O) groups excluding carboxylic acids is 1. The Hall–Kier alpha value is -0.650. The highest BCUT2D eigenvalue weighted by Crippen LogP contribution is 2.21. The van der Waals surface area contributed by atoms with Crippen molar-refractivity contribution in [2.45, 2.75) is 71.2 Å². The molecule has 21 heavy (non-hydrogen) atoms. The summed E-state index contributed by atoms with van der Waals surface area (Å²) in [4.78, 5) is 14.6. The lowest BCUT2D eigenvalue weighted by Crippen LogP contribution is -2.56. The Kier molecular flexibility index (Phi) is 7.10. The summed E-state index contributed by atoms with van der Waals surface area (Å²) < 4.78 is 10.7. The second-order valence-electron chi connectivity index (χ2n) is 6.71. The van der Waals surface area contributed by atoms with E-state index in [0.29, 0.717) is 6.04 Å². The van der Waals surface area contributed by atoms with E-state index in [0.717, 1.165) is 32.5 Å². The van der Waals surface area contributed by atoms with Gasteiger partial charge in [-0.1, -0.05) is 0 Å². The van der Waals surface area contributed by atoms with Crippen LogP contribution in [0.15, 0.2) is 0 Å². The highest BCUT2D eigenvalue weighted by atomic mass is 16.5. The summed E-state index contributed by atoms with van der Waals surface area (Å²) in [5.41, 5.74) is -0.654. The average molecular weight is 300 g/mol. The quantitative estimate of drug-likeness (QED) is 0.758. The van der Waals surface area contributed by atoms with Crippen molar-refractivity contribution in [3.63, 3.8) is 0 Å². The molecule has 0 radical (unpaired) electrons. The van der Waals surface area contributed by atoms with Gasteiger partial charge in [0.2, 0.25) is 0 Å². The number of nitrogens with zero attached hydrogens (tertiary/aromatic N) is 1. The van der Waals surface area contributed by atoms with Crippen LogP contribution in [0.5, 0.6) is 0 Å². The van der Waals surface area contributed by atoms with Gasteiger partial charge in [-0.25, -0.2) is 0 Å². The Bertz CT molecular complexity index is 335. The molecule has 0 spiro atoms. The van der Waals surface area contributed by atoms with Crippen molar-refractivity contribution in [1.29, 1.82) is 0 Å². The first-order valence-electron chi connectivity index (χ1n) is 8.00. The van der Waals surface area contributed by atoms with Crippen LogP contribution >= 0.6 is 0 Å². The summed E-state index contributed by atoms with van der Waals surface area (Å²) in [7, 11) is 1.45. The second-order valence-corrected chi connectivity index (χ2v) is 6.71. The molecule has 0 aromatic heterocycles. The van der Waals surface area contributed by atoms with Crippen LogP contribution in [-0.4, -0.2) is 61.4 Å². The van der Waals surface area contributed by atoms with E-state index in [2.05, 4.69) is 24.1 Å². The molecule has 0 aliphatic carbocycles. The minimum Gasteiger partial charge on any atom is -0.468 e. The summed E-state index contributed by atoms with van der Waals surface area (Å²) in [5.74, 6) is -0.192. The highest BCUT2D eigenvalue weighted by Gasteiger charge is 2.37. The smallest absolute Gasteiger partial charge is 0.325 e. The first-order chi connectivity index (χ1) is 9.78. The lowest BCUT2D eigenvalue weighted by atomic mass is 9.91. The number of carbonyl (C=O) groups is 1. The van der Waals surface area contributed by atoms with E-state index < -0.39 is 5.54 Å². The largest absolute Gasteiger partial charge is 0.468 e. The Morgan fingerprint density at radius 3 is 2.71 bits per heavy atom. The summed E-state index contributed by atoms with van der Waals surface area (Å²) >= 11 is 0. The summed E-state index contributed by atoms with van der Waals surface area (Å²) in [6.07, 6.45) is 2.02. The predicted molar refractivity (Wildman–Crippen MR) is 84.4 cm³/mol. The van der Waals surface area contributed by atoms with E-state index in [1.54, 1.807) is 0 Å². The molecule has 1 aliphatic rings. The number of hydrogen-bond acceptors (Lipinski definition) is 5. The van der Waals surface area contributed by atoms with Gasteiger partial charge in [0.15, 0.2) is 0 Å². The van der Waals surface area contributed by atoms with Gasteiger partial charge >= 0.3 is 5.97 Å². The number of nitrogens with one attached hydrogen (secondary N) is 1. The van der Waals surface area contributed by atoms with Crippen LogP contribution in [0.25, 0.3) is 0 Å². The Labute approximate surface area is 129 Å². The molecule has 0 aromatic carbocycles. The minimum absolute atomic E-state index is 0.192. The Balaban J connectivity index is 2.74. The normalized spacial score (nSPS) is 25.2. The van der Waals surface area contributed by atoms with Gasteiger partial charge in [0.1, 0.15) is 5.54 Å². The molecule has 1 N–H and O–H groups in total. The van der Waals surface area contributed by atoms with E-state index in [4.69, 9.17) is 9.47 Å². The highest BCUT2D eigenvalue weighted by molar-refractivity contribution is 5.80. The topological polar surface area (TPSA) is 50.8 Å². The SMILES string of the molecule is COC(=O)C(C)(CC(C)N1CCCOC(C)C1)NC(C)C. The molecule has 0 bridgehead atoms. The van der Waals surface area contributed by atoms with Crippen LogP contribution in [0, 0.1) is 0 Å². The third-order valence-corrected chi connectivity index (χ3v) is 4.05. The maximum absolute atomic E-state index is 12.2. The van der Waals surface area contributed by atoms with E-state index in [1.165, 1.54) is 7.11 Å². The van der Waals surface area contributed by atoms with Gasteiger partial charge in [0.25, 0.3) is 0 Å². The molecule has 0 saturated carbocycles. The van der Waals surface area contributed by atoms with Crippen molar-refractivity contribution >= 4 is 5.97 Å². The molecule has 0 amide bonds. The zero-order chi connectivity index (χ0) is 16.0. The van der Waals surface area contributed by atoms with Crippen molar-refractivity contribution < 1.29 is 14.3 Å². The summed E-state index contributed by atoms with van der Waals surface area (Å²) in [6.45, 7) is 13.1. The molecule has 3 unspecified atom stereocenters. The van der Waals surface area contributed by atoms with E-state index >= 15 is 0 Å². The third kappa shape index (κ3) is 5.57. The molecule has 5 nitrogen and oxygen atoms in total. The van der Waals surface area contributed by atoms with E-state index in [9.17, 15) is 4.79 Å². The zero-order valence-electron chi connectivity index (χ0n) is 14.4. The van der Waals surface area contributed by atoms with Crippen molar-refractivity contribution in [1.82, 2.24) is 10.2 Å². The number of methoxy groups -OCH3 is 1. The van der Waals surface area contributed by atoms with Gasteiger partial charge in [0.05, 0.1) is 13.2 Å². The van der Waals surface area contributed by atoms with Crippen LogP contribution in [0.3, 0.4) is 0 Å². The minimum atomic E-state index is -0.654. The maximum Gasteiger partial charge on any atom is 0.325 e. The summed E-state index contributed by atoms with van der Waals surface area (Å²) in [5, 5.41) is 3.37. The van der Waals surface area contributed by atoms with Gasteiger partial charge in [-0.15, -0.1) is 0 Å². The predicted octanol–water partition coefficient (Wildman–Crippen LogP) is 1.81. The van der Waals surface area contributed by atoms with Gasteiger partial charge in [-0.05, 0) is 47.5 Å². The fourth-order valence-corrected chi connectivity index (χ4v) is 3.21. The second kappa shape index (κ2) is 8.11. The first-order valence-corrected chi connectivity index (χ1v) is 8.00. The lowest BCUT2D eigenvalue weighted by molar-refractivity contribution is -0.149. The first kappa shape index (κ1) is 18.4. The van der Waals surface area contributed by atoms with Crippen LogP contribution in [0.2, 0.25) is 0 Å². The number of esters is 1. The molecule has 0 aromatic rings. The molecular weight excluding hydrogens is 268 g/mol. The molecule has 1 heterocycles. The number of ether oxygens (including phenoxy) is 2. The third-order valence-electron chi connectivity index (χ3n) is 4.05. The lowest BCUT2D eigenvalue weighted by Gasteiger charge is -2.37. The van der Waals surface area contributed by atoms with Crippen LogP contribution < -0.4 is 5.32 Å². The van der Waals surface area contributed by atoms with Crippen LogP contribution in [0.1, 0.15) is 47.5 Å². The molecule has 1 aliphatic heterocycles. The standard InChI is InChI=1S/C16H32N2O3/c1-12(2)17-16(5,15(19)20-6)10-13(3)18-8-7-9-21-14(4)11-18/h12-14,17H,7-11H2,1-6H3. The molecular formula is C16H32N2O3. The Morgan fingerprint density at radius 1 is 1.48 bits per heavy atom. The monoisotopic (exact) mass is 300 g/mol. The number of hydrogen-bond donors (Lipinski definition) is 1. The van der Waals surface area contributed by atoms with Crippen molar-refractivity contribution in [2.75, 3.05) is 26.8 Å². The molecule has 1 fully saturated rings. The van der Waals surface area contributed by atoms with E-state index in [1.807, 2.05) is 20.8 Å².